The number of carbonyl (C=O) groups excluding carboxylic acids is 1. The van der Waals surface area contributed by atoms with Crippen molar-refractivity contribution in [1.29, 1.82) is 0 Å². The van der Waals surface area contributed by atoms with E-state index in [0.29, 0.717) is 10.6 Å². The largest absolute Gasteiger partial charge is 0.324 e. The first-order chi connectivity index (χ1) is 9.99. The smallest absolute Gasteiger partial charge is 0.245 e. The average Bonchev–Trinajstić information content (AvgIpc) is 2.48. The Morgan fingerprint density at radius 2 is 1.62 bits per heavy atom. The minimum atomic E-state index is -1.32. The summed E-state index contributed by atoms with van der Waals surface area (Å²) in [6.07, 6.45) is 0. The van der Waals surface area contributed by atoms with E-state index >= 15 is 0 Å². The maximum Gasteiger partial charge on any atom is 0.245 e. The van der Waals surface area contributed by atoms with Crippen molar-refractivity contribution in [3.8, 4) is 0 Å². The molecule has 0 saturated carbocycles. The molecule has 4 nitrogen and oxygen atoms in total. The number of hydrogen-bond donors (Lipinski definition) is 2. The second-order valence-electron chi connectivity index (χ2n) is 5.04. The van der Waals surface area contributed by atoms with Gasteiger partial charge in [0.05, 0.1) is 16.6 Å². The highest BCUT2D eigenvalue weighted by atomic mass is 32.2. The van der Waals surface area contributed by atoms with Crippen molar-refractivity contribution >= 4 is 22.4 Å². The van der Waals surface area contributed by atoms with E-state index in [1.807, 2.05) is 36.4 Å². The van der Waals surface area contributed by atoms with Crippen molar-refractivity contribution in [3.63, 3.8) is 0 Å². The molecule has 2 atom stereocenters. The van der Waals surface area contributed by atoms with Crippen LogP contribution in [0.3, 0.4) is 0 Å². The van der Waals surface area contributed by atoms with Crippen molar-refractivity contribution in [1.82, 2.24) is 0 Å². The highest BCUT2D eigenvalue weighted by molar-refractivity contribution is 7.85. The normalized spacial score (nSPS) is 15.0. The third-order valence-corrected chi connectivity index (χ3v) is 4.65. The first kappa shape index (κ1) is 15.4. The summed E-state index contributed by atoms with van der Waals surface area (Å²) in [5.74, 6) is -0.284. The molecule has 0 radical (unpaired) electrons. The molecular weight excluding hydrogens is 284 g/mol. The summed E-state index contributed by atoms with van der Waals surface area (Å²) in [5, 5.41) is 2.74. The maximum atomic E-state index is 12.3. The first-order valence-corrected chi connectivity index (χ1v) is 7.90. The van der Waals surface area contributed by atoms with Gasteiger partial charge < -0.3 is 11.1 Å². The summed E-state index contributed by atoms with van der Waals surface area (Å²) in [6, 6.07) is 18.1. The lowest BCUT2D eigenvalue weighted by Crippen LogP contribution is -2.52. The summed E-state index contributed by atoms with van der Waals surface area (Å²) in [4.78, 5) is 12.9. The van der Waals surface area contributed by atoms with E-state index in [0.717, 1.165) is 0 Å². The summed E-state index contributed by atoms with van der Waals surface area (Å²) in [6.45, 7) is 1.59. The predicted molar refractivity (Wildman–Crippen MR) is 85.4 cm³/mol. The van der Waals surface area contributed by atoms with Gasteiger partial charge in [-0.1, -0.05) is 36.4 Å². The molecule has 0 heterocycles. The van der Waals surface area contributed by atoms with Gasteiger partial charge >= 0.3 is 0 Å². The number of amides is 1. The second kappa shape index (κ2) is 6.65. The molecule has 0 aliphatic carbocycles. The van der Waals surface area contributed by atoms with Gasteiger partial charge in [0, 0.05) is 10.6 Å². The highest BCUT2D eigenvalue weighted by Crippen LogP contribution is 2.14. The molecule has 110 valence electrons. The number of carbonyl (C=O) groups is 1. The topological polar surface area (TPSA) is 72.2 Å². The third-order valence-electron chi connectivity index (χ3n) is 2.99. The quantitative estimate of drug-likeness (QED) is 0.889. The molecule has 0 fully saturated rings. The van der Waals surface area contributed by atoms with Gasteiger partial charge in [0.1, 0.15) is 5.54 Å². The molecule has 0 spiro atoms. The van der Waals surface area contributed by atoms with E-state index in [4.69, 9.17) is 5.73 Å². The van der Waals surface area contributed by atoms with E-state index in [-0.39, 0.29) is 11.7 Å². The van der Waals surface area contributed by atoms with Crippen molar-refractivity contribution in [2.24, 2.45) is 5.73 Å². The Hall–Kier alpha value is -1.98. The fourth-order valence-electron chi connectivity index (χ4n) is 1.79. The molecule has 0 aliphatic heterocycles. The van der Waals surface area contributed by atoms with Crippen LogP contribution in [0.2, 0.25) is 0 Å². The summed E-state index contributed by atoms with van der Waals surface area (Å²) < 4.78 is 12.3. The lowest BCUT2D eigenvalue weighted by molar-refractivity contribution is -0.119. The second-order valence-corrected chi connectivity index (χ2v) is 6.49. The zero-order chi connectivity index (χ0) is 15.3. The van der Waals surface area contributed by atoms with E-state index in [2.05, 4.69) is 5.32 Å². The van der Waals surface area contributed by atoms with E-state index in [1.54, 1.807) is 31.2 Å². The van der Waals surface area contributed by atoms with Gasteiger partial charge in [0.15, 0.2) is 0 Å². The number of anilines is 1. The number of nitrogens with two attached hydrogens (primary N) is 1. The molecule has 2 rings (SSSR count). The van der Waals surface area contributed by atoms with Crippen LogP contribution in [0.5, 0.6) is 0 Å². The van der Waals surface area contributed by atoms with Crippen molar-refractivity contribution in [2.75, 3.05) is 11.1 Å². The minimum absolute atomic E-state index is 0.0652. The van der Waals surface area contributed by atoms with Crippen LogP contribution in [0.25, 0.3) is 0 Å². The van der Waals surface area contributed by atoms with Crippen molar-refractivity contribution < 1.29 is 9.00 Å². The van der Waals surface area contributed by atoms with Crippen molar-refractivity contribution in [3.05, 3.63) is 60.7 Å². The maximum absolute atomic E-state index is 12.3. The Morgan fingerprint density at radius 3 is 2.19 bits per heavy atom. The first-order valence-electron chi connectivity index (χ1n) is 6.58. The van der Waals surface area contributed by atoms with Crippen LogP contribution < -0.4 is 11.1 Å². The van der Waals surface area contributed by atoms with Gasteiger partial charge in [0.25, 0.3) is 0 Å². The van der Waals surface area contributed by atoms with Crippen LogP contribution in [-0.2, 0) is 15.6 Å². The van der Waals surface area contributed by atoms with Gasteiger partial charge in [-0.05, 0) is 31.2 Å². The van der Waals surface area contributed by atoms with Gasteiger partial charge in [-0.15, -0.1) is 0 Å². The van der Waals surface area contributed by atoms with Crippen LogP contribution >= 0.6 is 0 Å². The molecule has 0 saturated heterocycles. The molecule has 5 heteroatoms. The van der Waals surface area contributed by atoms with Gasteiger partial charge in [0.2, 0.25) is 5.91 Å². The molecule has 2 unspecified atom stereocenters. The fraction of sp³-hybridized carbons (Fsp3) is 0.188. The van der Waals surface area contributed by atoms with E-state index in [9.17, 15) is 9.00 Å². The zero-order valence-electron chi connectivity index (χ0n) is 11.8. The molecule has 2 aromatic rings. The molecule has 1 amide bonds. The van der Waals surface area contributed by atoms with Crippen LogP contribution in [0.15, 0.2) is 65.6 Å². The molecular formula is C16H18N2O2S. The Balaban J connectivity index is 2.04. The van der Waals surface area contributed by atoms with Crippen LogP contribution in [0.1, 0.15) is 6.92 Å². The number of hydrogen-bond acceptors (Lipinski definition) is 3. The Bertz CT molecular complexity index is 627. The van der Waals surface area contributed by atoms with Crippen LogP contribution in [-0.4, -0.2) is 21.4 Å². The average molecular weight is 302 g/mol. The van der Waals surface area contributed by atoms with Crippen LogP contribution in [0.4, 0.5) is 5.69 Å². The van der Waals surface area contributed by atoms with Crippen molar-refractivity contribution in [2.45, 2.75) is 17.4 Å². The molecule has 0 aliphatic rings. The molecule has 3 N–H and O–H groups in total. The SMILES string of the molecule is CC(N)(CS(=O)c1ccccc1)C(=O)Nc1ccccc1. The molecule has 0 bridgehead atoms. The summed E-state index contributed by atoms with van der Waals surface area (Å²) >= 11 is 0. The standard InChI is InChI=1S/C16H18N2O2S/c1-16(17,12-21(20)14-10-6-3-7-11-14)15(19)18-13-8-4-2-5-9-13/h2-11H,12,17H2,1H3,(H,18,19). The minimum Gasteiger partial charge on any atom is -0.324 e. The summed E-state index contributed by atoms with van der Waals surface area (Å²) in [5.41, 5.74) is 5.50. The Kier molecular flexibility index (Phi) is 4.88. The molecule has 2 aromatic carbocycles. The number of benzene rings is 2. The lowest BCUT2D eigenvalue weighted by atomic mass is 10.1. The fourth-order valence-corrected chi connectivity index (χ4v) is 3.09. The predicted octanol–water partition coefficient (Wildman–Crippen LogP) is 2.15. The highest BCUT2D eigenvalue weighted by Gasteiger charge is 2.31. The molecule has 0 aromatic heterocycles. The number of nitrogens with one attached hydrogen (secondary N) is 1. The Morgan fingerprint density at radius 1 is 1.10 bits per heavy atom. The van der Waals surface area contributed by atoms with E-state index in [1.165, 1.54) is 0 Å². The third kappa shape index (κ3) is 4.24. The zero-order valence-corrected chi connectivity index (χ0v) is 12.6. The van der Waals surface area contributed by atoms with E-state index < -0.39 is 16.3 Å². The van der Waals surface area contributed by atoms with Crippen LogP contribution in [0, 0.1) is 0 Å². The number of rotatable bonds is 5. The molecule has 21 heavy (non-hydrogen) atoms. The van der Waals surface area contributed by atoms with Gasteiger partial charge in [-0.2, -0.15) is 0 Å². The number of para-hydroxylation sites is 1. The summed E-state index contributed by atoms with van der Waals surface area (Å²) in [7, 11) is -1.32. The lowest BCUT2D eigenvalue weighted by Gasteiger charge is -2.23. The Labute approximate surface area is 126 Å². The monoisotopic (exact) mass is 302 g/mol. The van der Waals surface area contributed by atoms with Gasteiger partial charge in [-0.3, -0.25) is 9.00 Å². The van der Waals surface area contributed by atoms with Gasteiger partial charge in [-0.25, -0.2) is 0 Å².